The minimum atomic E-state index is -3.95. The highest BCUT2D eigenvalue weighted by atomic mass is 32.2. The Hall–Kier alpha value is -1.45. The van der Waals surface area contributed by atoms with Crippen molar-refractivity contribution in [3.8, 4) is 0 Å². The smallest absolute Gasteiger partial charge is 0.325 e. The molecule has 1 aromatic heterocycles. The average molecular weight is 289 g/mol. The summed E-state index contributed by atoms with van der Waals surface area (Å²) in [6.45, 7) is 2.02. The van der Waals surface area contributed by atoms with E-state index in [-0.39, 0.29) is 31.1 Å². The fraction of sp³-hybridized carbons (Fsp3) is 0.600. The highest BCUT2D eigenvalue weighted by Crippen LogP contribution is 2.23. The molecule has 0 bridgehead atoms. The van der Waals surface area contributed by atoms with Crippen molar-refractivity contribution in [1.29, 1.82) is 0 Å². The molecule has 9 heteroatoms. The van der Waals surface area contributed by atoms with Gasteiger partial charge in [0.2, 0.25) is 0 Å². The number of aromatic amines is 1. The van der Waals surface area contributed by atoms with Crippen LogP contribution in [0.1, 0.15) is 18.7 Å². The van der Waals surface area contributed by atoms with Gasteiger partial charge in [-0.05, 0) is 6.92 Å². The number of nitrogens with zero attached hydrogens (tertiary/aromatic N) is 1. The maximum atomic E-state index is 12.1. The van der Waals surface area contributed by atoms with E-state index in [1.807, 2.05) is 0 Å². The highest BCUT2D eigenvalue weighted by Gasteiger charge is 2.44. The normalized spacial score (nSPS) is 19.2. The first-order valence-corrected chi connectivity index (χ1v) is 7.21. The van der Waals surface area contributed by atoms with Crippen molar-refractivity contribution in [2.45, 2.75) is 30.3 Å². The lowest BCUT2D eigenvalue weighted by molar-refractivity contribution is -0.147. The Morgan fingerprint density at radius 3 is 2.63 bits per heavy atom. The summed E-state index contributed by atoms with van der Waals surface area (Å²) in [5.41, 5.74) is -1.52. The summed E-state index contributed by atoms with van der Waals surface area (Å²) in [7, 11) is -3.95. The van der Waals surface area contributed by atoms with Gasteiger partial charge in [0.25, 0.3) is 10.0 Å². The average Bonchev–Trinajstić information content (AvgIpc) is 2.77. The van der Waals surface area contributed by atoms with Gasteiger partial charge in [-0.25, -0.2) is 13.4 Å². The minimum absolute atomic E-state index is 0.0919. The molecular weight excluding hydrogens is 274 g/mol. The number of aromatic nitrogens is 2. The second kappa shape index (κ2) is 4.91. The molecule has 1 aromatic rings. The number of aliphatic carboxylic acids is 1. The Morgan fingerprint density at radius 1 is 1.53 bits per heavy atom. The van der Waals surface area contributed by atoms with E-state index in [1.165, 1.54) is 0 Å². The van der Waals surface area contributed by atoms with Crippen LogP contribution in [-0.4, -0.2) is 48.2 Å². The molecule has 8 nitrogen and oxygen atoms in total. The Kier molecular flexibility index (Phi) is 3.61. The van der Waals surface area contributed by atoms with Crippen molar-refractivity contribution in [3.63, 3.8) is 0 Å². The number of carboxylic acid groups (broad SMARTS) is 1. The standard InChI is InChI=1S/C10H15N3O5S/c1-7-11-6-8(12-7)19(16,17)13-10(9(14)15)2-4-18-5-3-10/h6,13H,2-5H2,1H3,(H,11,12)(H,14,15). The minimum Gasteiger partial charge on any atom is -0.480 e. The maximum Gasteiger partial charge on any atom is 0.325 e. The van der Waals surface area contributed by atoms with Gasteiger partial charge in [0.15, 0.2) is 5.03 Å². The second-order valence-electron chi connectivity index (χ2n) is 4.44. The van der Waals surface area contributed by atoms with E-state index in [0.29, 0.717) is 5.82 Å². The summed E-state index contributed by atoms with van der Waals surface area (Å²) in [6, 6.07) is 0. The molecule has 1 saturated heterocycles. The van der Waals surface area contributed by atoms with Crippen LogP contribution in [0, 0.1) is 6.92 Å². The molecule has 1 aliphatic rings. The first-order valence-electron chi connectivity index (χ1n) is 5.72. The van der Waals surface area contributed by atoms with Crippen LogP contribution in [0.25, 0.3) is 0 Å². The van der Waals surface area contributed by atoms with Crippen LogP contribution < -0.4 is 4.72 Å². The van der Waals surface area contributed by atoms with Gasteiger partial charge in [-0.3, -0.25) is 4.79 Å². The van der Waals surface area contributed by atoms with Crippen molar-refractivity contribution in [2.24, 2.45) is 0 Å². The summed E-state index contributed by atoms with van der Waals surface area (Å²) in [6.07, 6.45) is 1.34. The molecule has 0 amide bonds. The number of ether oxygens (including phenoxy) is 1. The molecule has 0 atom stereocenters. The fourth-order valence-corrected chi connectivity index (χ4v) is 3.32. The molecule has 0 radical (unpaired) electrons. The third kappa shape index (κ3) is 2.77. The van der Waals surface area contributed by atoms with Crippen molar-refractivity contribution in [1.82, 2.24) is 14.7 Å². The summed E-state index contributed by atoms with van der Waals surface area (Å²) in [4.78, 5) is 17.8. The first-order chi connectivity index (χ1) is 8.86. The lowest BCUT2D eigenvalue weighted by Gasteiger charge is -2.33. The second-order valence-corrected chi connectivity index (χ2v) is 6.09. The van der Waals surface area contributed by atoms with Gasteiger partial charge in [-0.1, -0.05) is 0 Å². The van der Waals surface area contributed by atoms with Gasteiger partial charge in [0, 0.05) is 26.1 Å². The van der Waals surface area contributed by atoms with E-state index in [9.17, 15) is 18.3 Å². The molecule has 106 valence electrons. The number of hydrogen-bond acceptors (Lipinski definition) is 5. The lowest BCUT2D eigenvalue weighted by Crippen LogP contribution is -2.57. The Bertz CT molecular complexity index is 574. The van der Waals surface area contributed by atoms with Crippen LogP contribution in [0.2, 0.25) is 0 Å². The van der Waals surface area contributed by atoms with Crippen LogP contribution in [0.3, 0.4) is 0 Å². The number of aryl methyl sites for hydroxylation is 1. The molecule has 0 spiro atoms. The third-order valence-corrected chi connectivity index (χ3v) is 4.50. The van der Waals surface area contributed by atoms with E-state index in [4.69, 9.17) is 4.74 Å². The van der Waals surface area contributed by atoms with Crippen molar-refractivity contribution in [3.05, 3.63) is 12.0 Å². The zero-order valence-corrected chi connectivity index (χ0v) is 11.2. The molecule has 3 N–H and O–H groups in total. The fourth-order valence-electron chi connectivity index (χ4n) is 1.93. The van der Waals surface area contributed by atoms with Gasteiger partial charge >= 0.3 is 5.97 Å². The van der Waals surface area contributed by atoms with Crippen molar-refractivity contribution >= 4 is 16.0 Å². The van der Waals surface area contributed by atoms with Gasteiger partial charge in [0.05, 0.1) is 6.20 Å². The molecule has 19 heavy (non-hydrogen) atoms. The Labute approximate surface area is 110 Å². The molecular formula is C10H15N3O5S. The molecule has 1 aliphatic heterocycles. The SMILES string of the molecule is Cc1ncc(S(=O)(=O)NC2(C(=O)O)CCOCC2)[nH]1. The number of carboxylic acids is 1. The van der Waals surface area contributed by atoms with E-state index in [0.717, 1.165) is 6.20 Å². The number of H-pyrrole nitrogens is 1. The zero-order valence-electron chi connectivity index (χ0n) is 10.3. The summed E-state index contributed by atoms with van der Waals surface area (Å²) < 4.78 is 31.6. The Balaban J connectivity index is 2.29. The highest BCUT2D eigenvalue weighted by molar-refractivity contribution is 7.89. The van der Waals surface area contributed by atoms with Gasteiger partial charge < -0.3 is 14.8 Å². The van der Waals surface area contributed by atoms with Crippen LogP contribution in [0.5, 0.6) is 0 Å². The lowest BCUT2D eigenvalue weighted by atomic mass is 9.92. The number of imidazole rings is 1. The van der Waals surface area contributed by atoms with Gasteiger partial charge in [0.1, 0.15) is 11.4 Å². The zero-order chi connectivity index (χ0) is 14.1. The number of carbonyl (C=O) groups is 1. The summed E-state index contributed by atoms with van der Waals surface area (Å²) in [5.74, 6) is -0.757. The summed E-state index contributed by atoms with van der Waals surface area (Å²) >= 11 is 0. The predicted molar refractivity (Wildman–Crippen MR) is 64.1 cm³/mol. The first kappa shape index (κ1) is 14.0. The number of nitrogens with one attached hydrogen (secondary N) is 2. The maximum absolute atomic E-state index is 12.1. The largest absolute Gasteiger partial charge is 0.480 e. The number of hydrogen-bond donors (Lipinski definition) is 3. The third-order valence-electron chi connectivity index (χ3n) is 3.05. The van der Waals surface area contributed by atoms with E-state index in [2.05, 4.69) is 14.7 Å². The van der Waals surface area contributed by atoms with Crippen molar-refractivity contribution in [2.75, 3.05) is 13.2 Å². The molecule has 0 unspecified atom stereocenters. The Morgan fingerprint density at radius 2 is 2.16 bits per heavy atom. The van der Waals surface area contributed by atoms with Crippen LogP contribution in [0.15, 0.2) is 11.2 Å². The molecule has 1 fully saturated rings. The molecule has 0 aromatic carbocycles. The molecule has 2 heterocycles. The quantitative estimate of drug-likeness (QED) is 0.695. The predicted octanol–water partition coefficient (Wildman–Crippen LogP) is -0.370. The number of rotatable bonds is 4. The van der Waals surface area contributed by atoms with E-state index >= 15 is 0 Å². The van der Waals surface area contributed by atoms with Gasteiger partial charge in [-0.2, -0.15) is 4.72 Å². The van der Waals surface area contributed by atoms with Crippen LogP contribution in [0.4, 0.5) is 0 Å². The van der Waals surface area contributed by atoms with E-state index in [1.54, 1.807) is 6.92 Å². The van der Waals surface area contributed by atoms with Gasteiger partial charge in [-0.15, -0.1) is 0 Å². The van der Waals surface area contributed by atoms with Crippen LogP contribution in [-0.2, 0) is 19.6 Å². The summed E-state index contributed by atoms with van der Waals surface area (Å²) in [5, 5.41) is 9.15. The molecule has 0 saturated carbocycles. The molecule has 0 aliphatic carbocycles. The monoisotopic (exact) mass is 289 g/mol. The molecule has 2 rings (SSSR count). The number of sulfonamides is 1. The van der Waals surface area contributed by atoms with E-state index < -0.39 is 21.5 Å². The van der Waals surface area contributed by atoms with Crippen LogP contribution >= 0.6 is 0 Å². The van der Waals surface area contributed by atoms with Crippen molar-refractivity contribution < 1.29 is 23.1 Å². The topological polar surface area (TPSA) is 121 Å².